The van der Waals surface area contributed by atoms with Gasteiger partial charge in [0.25, 0.3) is 0 Å². The Bertz CT molecular complexity index is 1340. The fourth-order valence-corrected chi connectivity index (χ4v) is 9.35. The zero-order chi connectivity index (χ0) is 27.9. The molecule has 0 bridgehead atoms. The van der Waals surface area contributed by atoms with E-state index in [9.17, 15) is 23.1 Å². The van der Waals surface area contributed by atoms with Crippen molar-refractivity contribution >= 4 is 44.9 Å². The summed E-state index contributed by atoms with van der Waals surface area (Å²) in [5.41, 5.74) is 0.537. The van der Waals surface area contributed by atoms with Crippen molar-refractivity contribution in [1.29, 1.82) is 0 Å². The van der Waals surface area contributed by atoms with Crippen LogP contribution in [0, 0.1) is 11.3 Å². The van der Waals surface area contributed by atoms with Gasteiger partial charge in [0.2, 0.25) is 5.91 Å². The summed E-state index contributed by atoms with van der Waals surface area (Å²) in [6.07, 6.45) is 4.79. The Hall–Kier alpha value is -2.09. The molecular formula is C30H35Cl2NO5S. The van der Waals surface area contributed by atoms with E-state index in [-0.39, 0.29) is 35.2 Å². The maximum atomic E-state index is 14.5. The third-order valence-electron chi connectivity index (χ3n) is 8.87. The SMILES string of the molecule is C[C@]1(CC(=O)O)C[C@H](c2cccc(Cl)c2)[C@@H](c2ccc(Cl)cc2)N(C(CS(=O)(=O)C2CCCC2)C2CC2)C1=O. The van der Waals surface area contributed by atoms with E-state index in [0.29, 0.717) is 29.3 Å². The third kappa shape index (κ3) is 6.01. The van der Waals surface area contributed by atoms with Gasteiger partial charge in [-0.2, -0.15) is 0 Å². The van der Waals surface area contributed by atoms with Gasteiger partial charge in [0.15, 0.2) is 9.84 Å². The number of piperidine rings is 1. The topological polar surface area (TPSA) is 91.8 Å². The summed E-state index contributed by atoms with van der Waals surface area (Å²) in [5, 5.41) is 10.6. The first kappa shape index (κ1) is 28.4. The van der Waals surface area contributed by atoms with Crippen molar-refractivity contribution in [1.82, 2.24) is 4.90 Å². The van der Waals surface area contributed by atoms with Crippen LogP contribution in [0.4, 0.5) is 0 Å². The molecule has 210 valence electrons. The van der Waals surface area contributed by atoms with E-state index in [1.807, 2.05) is 30.3 Å². The first-order valence-electron chi connectivity index (χ1n) is 13.8. The molecule has 1 N–H and O–H groups in total. The minimum absolute atomic E-state index is 0.0621. The molecule has 1 aliphatic heterocycles. The molecule has 2 aromatic carbocycles. The Morgan fingerprint density at radius 2 is 1.69 bits per heavy atom. The molecule has 39 heavy (non-hydrogen) atoms. The number of rotatable bonds is 9. The van der Waals surface area contributed by atoms with Crippen molar-refractivity contribution in [2.45, 2.75) is 81.5 Å². The van der Waals surface area contributed by atoms with Crippen LogP contribution in [-0.4, -0.2) is 47.3 Å². The van der Waals surface area contributed by atoms with E-state index < -0.39 is 33.3 Å². The molecule has 3 aliphatic rings. The number of carboxylic acids is 1. The van der Waals surface area contributed by atoms with Gasteiger partial charge in [-0.25, -0.2) is 8.42 Å². The van der Waals surface area contributed by atoms with E-state index in [1.54, 1.807) is 30.0 Å². The molecule has 2 saturated carbocycles. The lowest BCUT2D eigenvalue weighted by molar-refractivity contribution is -0.160. The van der Waals surface area contributed by atoms with Crippen molar-refractivity contribution in [2.75, 3.05) is 5.75 Å². The van der Waals surface area contributed by atoms with Crippen LogP contribution in [0.15, 0.2) is 48.5 Å². The Kier molecular flexibility index (Phi) is 8.06. The molecule has 0 spiro atoms. The first-order chi connectivity index (χ1) is 18.5. The molecule has 6 nitrogen and oxygen atoms in total. The first-order valence-corrected chi connectivity index (χ1v) is 16.2. The van der Waals surface area contributed by atoms with Gasteiger partial charge < -0.3 is 10.0 Å². The minimum atomic E-state index is -3.45. The van der Waals surface area contributed by atoms with Gasteiger partial charge in [0.05, 0.1) is 28.9 Å². The molecule has 3 fully saturated rings. The number of likely N-dealkylation sites (tertiary alicyclic amines) is 1. The van der Waals surface area contributed by atoms with Crippen LogP contribution >= 0.6 is 23.2 Å². The molecule has 0 aromatic heterocycles. The van der Waals surface area contributed by atoms with E-state index in [2.05, 4.69) is 0 Å². The zero-order valence-corrected chi connectivity index (χ0v) is 24.4. The summed E-state index contributed by atoms with van der Waals surface area (Å²) in [5.74, 6) is -1.66. The van der Waals surface area contributed by atoms with Crippen LogP contribution in [0.1, 0.15) is 81.4 Å². The number of benzene rings is 2. The van der Waals surface area contributed by atoms with Crippen LogP contribution in [-0.2, 0) is 19.4 Å². The number of nitrogens with zero attached hydrogens (tertiary/aromatic N) is 1. The van der Waals surface area contributed by atoms with Gasteiger partial charge in [-0.05, 0) is 73.4 Å². The summed E-state index contributed by atoms with van der Waals surface area (Å²) in [6, 6.07) is 13.8. The lowest BCUT2D eigenvalue weighted by Crippen LogP contribution is -2.58. The summed E-state index contributed by atoms with van der Waals surface area (Å²) in [7, 11) is -3.45. The number of aliphatic carboxylic acids is 1. The molecule has 1 heterocycles. The molecule has 0 radical (unpaired) electrons. The lowest BCUT2D eigenvalue weighted by Gasteiger charge is -2.52. The Morgan fingerprint density at radius 1 is 1.03 bits per heavy atom. The number of carboxylic acid groups (broad SMARTS) is 1. The van der Waals surface area contributed by atoms with Crippen molar-refractivity contribution in [2.24, 2.45) is 11.3 Å². The Morgan fingerprint density at radius 3 is 2.28 bits per heavy atom. The quantitative estimate of drug-likeness (QED) is 0.351. The smallest absolute Gasteiger partial charge is 0.304 e. The number of sulfone groups is 1. The molecule has 1 saturated heterocycles. The van der Waals surface area contributed by atoms with Crippen LogP contribution in [0.3, 0.4) is 0 Å². The highest BCUT2D eigenvalue weighted by molar-refractivity contribution is 7.92. The molecule has 4 atom stereocenters. The summed E-state index contributed by atoms with van der Waals surface area (Å²) < 4.78 is 27.4. The van der Waals surface area contributed by atoms with Crippen LogP contribution in [0.25, 0.3) is 0 Å². The fourth-order valence-electron chi connectivity index (χ4n) is 6.79. The second-order valence-electron chi connectivity index (χ2n) is 11.8. The second kappa shape index (κ2) is 11.1. The number of hydrogen-bond donors (Lipinski definition) is 1. The predicted octanol–water partition coefficient (Wildman–Crippen LogP) is 6.67. The fraction of sp³-hybridized carbons (Fsp3) is 0.533. The molecule has 1 amide bonds. The number of halogens is 2. The van der Waals surface area contributed by atoms with E-state index in [0.717, 1.165) is 36.8 Å². The van der Waals surface area contributed by atoms with Gasteiger partial charge >= 0.3 is 5.97 Å². The van der Waals surface area contributed by atoms with E-state index >= 15 is 0 Å². The predicted molar refractivity (Wildman–Crippen MR) is 153 cm³/mol. The van der Waals surface area contributed by atoms with E-state index in [4.69, 9.17) is 23.2 Å². The normalized spacial score (nSPS) is 27.1. The summed E-state index contributed by atoms with van der Waals surface area (Å²) in [6.45, 7) is 1.71. The minimum Gasteiger partial charge on any atom is -0.481 e. The molecule has 2 aliphatic carbocycles. The number of amides is 1. The highest BCUT2D eigenvalue weighted by Gasteiger charge is 2.55. The van der Waals surface area contributed by atoms with Crippen molar-refractivity contribution < 1.29 is 23.1 Å². The number of hydrogen-bond acceptors (Lipinski definition) is 4. The van der Waals surface area contributed by atoms with Gasteiger partial charge in [-0.1, -0.05) is 67.2 Å². The van der Waals surface area contributed by atoms with Gasteiger partial charge in [-0.15, -0.1) is 0 Å². The number of carbonyl (C=O) groups is 2. The highest BCUT2D eigenvalue weighted by atomic mass is 35.5. The Balaban J connectivity index is 1.66. The van der Waals surface area contributed by atoms with Crippen molar-refractivity contribution in [3.8, 4) is 0 Å². The average Bonchev–Trinajstić information content (AvgIpc) is 3.56. The van der Waals surface area contributed by atoms with Crippen molar-refractivity contribution in [3.05, 3.63) is 69.7 Å². The van der Waals surface area contributed by atoms with Gasteiger partial charge in [0.1, 0.15) is 0 Å². The maximum Gasteiger partial charge on any atom is 0.304 e. The van der Waals surface area contributed by atoms with Gasteiger partial charge in [0, 0.05) is 22.0 Å². The van der Waals surface area contributed by atoms with Crippen LogP contribution in [0.2, 0.25) is 10.0 Å². The van der Waals surface area contributed by atoms with Crippen LogP contribution < -0.4 is 0 Å². The summed E-state index contributed by atoms with van der Waals surface area (Å²) in [4.78, 5) is 28.3. The second-order valence-corrected chi connectivity index (χ2v) is 15.0. The molecule has 1 unspecified atom stereocenters. The monoisotopic (exact) mass is 591 g/mol. The lowest BCUT2D eigenvalue weighted by atomic mass is 9.67. The summed E-state index contributed by atoms with van der Waals surface area (Å²) >= 11 is 12.6. The number of carbonyl (C=O) groups excluding carboxylic acids is 1. The maximum absolute atomic E-state index is 14.5. The zero-order valence-electron chi connectivity index (χ0n) is 22.1. The Labute approximate surface area is 240 Å². The van der Waals surface area contributed by atoms with Crippen molar-refractivity contribution in [3.63, 3.8) is 0 Å². The molecule has 9 heteroatoms. The standard InChI is InChI=1S/C30H35Cl2NO5S/c1-30(17-27(34)35)16-25(21-5-4-6-23(32)15-21)28(20-11-13-22(31)14-12-20)33(29(30)36)26(19-9-10-19)18-39(37,38)24-7-2-3-8-24/h4-6,11-15,19,24-26,28H,2-3,7-10,16-18H2,1H3,(H,34,35)/t25-,26?,28-,30-/m1/s1. The van der Waals surface area contributed by atoms with E-state index in [1.165, 1.54) is 0 Å². The van der Waals surface area contributed by atoms with Crippen LogP contribution in [0.5, 0.6) is 0 Å². The molecule has 5 rings (SSSR count). The largest absolute Gasteiger partial charge is 0.481 e. The third-order valence-corrected chi connectivity index (χ3v) is 11.6. The average molecular weight is 593 g/mol. The highest BCUT2D eigenvalue weighted by Crippen LogP contribution is 2.54. The molecular weight excluding hydrogens is 557 g/mol. The van der Waals surface area contributed by atoms with Gasteiger partial charge in [-0.3, -0.25) is 9.59 Å². The molecule has 2 aromatic rings.